The normalized spacial score (nSPS) is 13.4. The lowest BCUT2D eigenvalue weighted by atomic mass is 10.1. The maximum Gasteiger partial charge on any atom is 0.127 e. The lowest BCUT2D eigenvalue weighted by Crippen LogP contribution is -2.25. The fraction of sp³-hybridized carbons (Fsp3) is 0.600. The van der Waals surface area contributed by atoms with E-state index in [1.807, 2.05) is 26.8 Å². The van der Waals surface area contributed by atoms with Gasteiger partial charge in [0.1, 0.15) is 11.6 Å². The van der Waals surface area contributed by atoms with Gasteiger partial charge < -0.3 is 15.2 Å². The summed E-state index contributed by atoms with van der Waals surface area (Å²) < 4.78 is 24.4. The second-order valence-electron chi connectivity index (χ2n) is 5.54. The van der Waals surface area contributed by atoms with Crippen molar-refractivity contribution < 1.29 is 13.9 Å². The Labute approximate surface area is 114 Å². The molecule has 0 spiro atoms. The Hall–Kier alpha value is -1.13. The summed E-state index contributed by atoms with van der Waals surface area (Å²) in [7, 11) is 1.67. The summed E-state index contributed by atoms with van der Waals surface area (Å²) >= 11 is 0. The van der Waals surface area contributed by atoms with E-state index in [1.165, 1.54) is 12.1 Å². The van der Waals surface area contributed by atoms with Crippen LogP contribution in [0.15, 0.2) is 18.2 Å². The SMILES string of the molecule is COC(C)(C)CCOc1cc(F)cc(CC(C)N)c1. The third kappa shape index (κ3) is 6.03. The van der Waals surface area contributed by atoms with Gasteiger partial charge >= 0.3 is 0 Å². The molecule has 19 heavy (non-hydrogen) atoms. The van der Waals surface area contributed by atoms with Gasteiger partial charge in [0, 0.05) is 25.6 Å². The molecule has 2 N–H and O–H groups in total. The van der Waals surface area contributed by atoms with Gasteiger partial charge in [-0.2, -0.15) is 0 Å². The molecule has 0 aliphatic rings. The minimum Gasteiger partial charge on any atom is -0.493 e. The average Bonchev–Trinajstić information content (AvgIpc) is 2.27. The van der Waals surface area contributed by atoms with Gasteiger partial charge in [-0.1, -0.05) is 0 Å². The van der Waals surface area contributed by atoms with Gasteiger partial charge in [-0.05, 0) is 44.9 Å². The molecule has 1 unspecified atom stereocenters. The number of methoxy groups -OCH3 is 1. The zero-order valence-corrected chi connectivity index (χ0v) is 12.2. The van der Waals surface area contributed by atoms with E-state index in [9.17, 15) is 4.39 Å². The third-order valence-corrected chi connectivity index (χ3v) is 3.01. The van der Waals surface area contributed by atoms with Gasteiger partial charge in [0.2, 0.25) is 0 Å². The summed E-state index contributed by atoms with van der Waals surface area (Å²) in [4.78, 5) is 0. The van der Waals surface area contributed by atoms with Crippen LogP contribution in [-0.4, -0.2) is 25.4 Å². The molecule has 1 aromatic rings. The van der Waals surface area contributed by atoms with Crippen molar-refractivity contribution in [2.75, 3.05) is 13.7 Å². The van der Waals surface area contributed by atoms with Gasteiger partial charge in [0.25, 0.3) is 0 Å². The third-order valence-electron chi connectivity index (χ3n) is 3.01. The van der Waals surface area contributed by atoms with Crippen LogP contribution in [0.4, 0.5) is 4.39 Å². The second-order valence-corrected chi connectivity index (χ2v) is 5.54. The van der Waals surface area contributed by atoms with Gasteiger partial charge in [-0.25, -0.2) is 4.39 Å². The van der Waals surface area contributed by atoms with E-state index in [-0.39, 0.29) is 17.5 Å². The number of hydrogen-bond donors (Lipinski definition) is 1. The molecule has 3 nitrogen and oxygen atoms in total. The van der Waals surface area contributed by atoms with Crippen molar-refractivity contribution in [1.29, 1.82) is 0 Å². The van der Waals surface area contributed by atoms with Gasteiger partial charge in [0.05, 0.1) is 12.2 Å². The van der Waals surface area contributed by atoms with Crippen LogP contribution in [0.2, 0.25) is 0 Å². The molecule has 0 saturated heterocycles. The molecule has 0 aromatic heterocycles. The first kappa shape index (κ1) is 15.9. The highest BCUT2D eigenvalue weighted by Gasteiger charge is 2.16. The summed E-state index contributed by atoms with van der Waals surface area (Å²) in [6.07, 6.45) is 1.38. The Bertz CT molecular complexity index is 405. The maximum atomic E-state index is 13.5. The van der Waals surface area contributed by atoms with E-state index in [0.717, 1.165) is 12.0 Å². The van der Waals surface area contributed by atoms with E-state index < -0.39 is 0 Å². The number of rotatable bonds is 7. The summed E-state index contributed by atoms with van der Waals surface area (Å²) in [6, 6.07) is 4.73. The Balaban J connectivity index is 2.61. The summed E-state index contributed by atoms with van der Waals surface area (Å²) in [5.74, 6) is 0.252. The van der Waals surface area contributed by atoms with E-state index >= 15 is 0 Å². The molecule has 0 fully saturated rings. The van der Waals surface area contributed by atoms with Crippen LogP contribution in [0, 0.1) is 5.82 Å². The van der Waals surface area contributed by atoms with Crippen molar-refractivity contribution in [3.8, 4) is 5.75 Å². The predicted molar refractivity (Wildman–Crippen MR) is 75.0 cm³/mol. The van der Waals surface area contributed by atoms with Crippen LogP contribution in [-0.2, 0) is 11.2 Å². The topological polar surface area (TPSA) is 44.5 Å². The number of benzene rings is 1. The standard InChI is InChI=1S/C15H24FNO2/c1-11(17)7-12-8-13(16)10-14(9-12)19-6-5-15(2,3)18-4/h8-11H,5-7,17H2,1-4H3. The summed E-state index contributed by atoms with van der Waals surface area (Å²) in [6.45, 7) is 6.36. The van der Waals surface area contributed by atoms with E-state index in [4.69, 9.17) is 15.2 Å². The van der Waals surface area contributed by atoms with Crippen molar-refractivity contribution in [1.82, 2.24) is 0 Å². The molecule has 4 heteroatoms. The van der Waals surface area contributed by atoms with E-state index in [1.54, 1.807) is 7.11 Å². The van der Waals surface area contributed by atoms with Gasteiger partial charge in [0.15, 0.2) is 0 Å². The van der Waals surface area contributed by atoms with E-state index in [0.29, 0.717) is 18.8 Å². The Morgan fingerprint density at radius 3 is 2.58 bits per heavy atom. The van der Waals surface area contributed by atoms with Crippen LogP contribution in [0.3, 0.4) is 0 Å². The minimum absolute atomic E-state index is 0.00192. The van der Waals surface area contributed by atoms with Crippen LogP contribution >= 0.6 is 0 Å². The fourth-order valence-electron chi connectivity index (χ4n) is 1.71. The van der Waals surface area contributed by atoms with Gasteiger partial charge in [-0.15, -0.1) is 0 Å². The molecule has 1 rings (SSSR count). The predicted octanol–water partition coefficient (Wildman–Crippen LogP) is 2.91. The smallest absolute Gasteiger partial charge is 0.127 e. The van der Waals surface area contributed by atoms with E-state index in [2.05, 4.69) is 0 Å². The lowest BCUT2D eigenvalue weighted by molar-refractivity contribution is 0.00543. The maximum absolute atomic E-state index is 13.5. The molecular weight excluding hydrogens is 245 g/mol. The molecule has 0 heterocycles. The Morgan fingerprint density at radius 2 is 2.00 bits per heavy atom. The summed E-state index contributed by atoms with van der Waals surface area (Å²) in [5, 5.41) is 0. The largest absolute Gasteiger partial charge is 0.493 e. The highest BCUT2D eigenvalue weighted by molar-refractivity contribution is 5.30. The molecule has 0 bridgehead atoms. The number of hydrogen-bond acceptors (Lipinski definition) is 3. The minimum atomic E-state index is -0.292. The van der Waals surface area contributed by atoms with Crippen molar-refractivity contribution in [3.05, 3.63) is 29.6 Å². The van der Waals surface area contributed by atoms with Crippen molar-refractivity contribution in [2.45, 2.75) is 45.3 Å². The summed E-state index contributed by atoms with van der Waals surface area (Å²) in [5.41, 5.74) is 6.34. The number of nitrogens with two attached hydrogens (primary N) is 1. The fourth-order valence-corrected chi connectivity index (χ4v) is 1.71. The molecule has 0 aliphatic heterocycles. The molecule has 0 aliphatic carbocycles. The van der Waals surface area contributed by atoms with Crippen LogP contribution in [0.25, 0.3) is 0 Å². The second kappa shape index (κ2) is 6.87. The zero-order valence-electron chi connectivity index (χ0n) is 12.2. The molecule has 0 saturated carbocycles. The molecule has 108 valence electrons. The Morgan fingerprint density at radius 1 is 1.32 bits per heavy atom. The first-order valence-electron chi connectivity index (χ1n) is 6.55. The van der Waals surface area contributed by atoms with Gasteiger partial charge in [-0.3, -0.25) is 0 Å². The number of halogens is 1. The van der Waals surface area contributed by atoms with Crippen LogP contribution in [0.5, 0.6) is 5.75 Å². The molecule has 0 radical (unpaired) electrons. The first-order valence-corrected chi connectivity index (χ1v) is 6.55. The monoisotopic (exact) mass is 269 g/mol. The average molecular weight is 269 g/mol. The molecular formula is C15H24FNO2. The highest BCUT2D eigenvalue weighted by atomic mass is 19.1. The Kier molecular flexibility index (Phi) is 5.76. The molecule has 1 atom stereocenters. The molecule has 0 amide bonds. The van der Waals surface area contributed by atoms with Crippen LogP contribution < -0.4 is 10.5 Å². The lowest BCUT2D eigenvalue weighted by Gasteiger charge is -2.22. The van der Waals surface area contributed by atoms with Crippen molar-refractivity contribution in [2.24, 2.45) is 5.73 Å². The molecule has 1 aromatic carbocycles. The first-order chi connectivity index (χ1) is 8.82. The number of ether oxygens (including phenoxy) is 2. The quantitative estimate of drug-likeness (QED) is 0.827. The highest BCUT2D eigenvalue weighted by Crippen LogP contribution is 2.19. The zero-order chi connectivity index (χ0) is 14.5. The van der Waals surface area contributed by atoms with Crippen molar-refractivity contribution in [3.63, 3.8) is 0 Å². The van der Waals surface area contributed by atoms with Crippen LogP contribution in [0.1, 0.15) is 32.8 Å². The van der Waals surface area contributed by atoms with Crippen molar-refractivity contribution >= 4 is 0 Å².